The molecule has 0 spiro atoms. The molecule has 1 fully saturated rings. The van der Waals surface area contributed by atoms with Crippen molar-refractivity contribution in [2.75, 3.05) is 6.54 Å². The monoisotopic (exact) mass is 153 g/mol. The Morgan fingerprint density at radius 1 is 1.45 bits per heavy atom. The molecule has 0 N–H and O–H groups in total. The van der Waals surface area contributed by atoms with Crippen molar-refractivity contribution in [3.05, 3.63) is 0 Å². The summed E-state index contributed by atoms with van der Waals surface area (Å²) in [7, 11) is 2.36. The highest BCUT2D eigenvalue weighted by Gasteiger charge is 2.23. The second kappa shape index (κ2) is 3.62. The predicted octanol–water partition coefficient (Wildman–Crippen LogP) is 1.09. The number of nitrogens with zero attached hydrogens (tertiary/aromatic N) is 1. The van der Waals surface area contributed by atoms with Crippen molar-refractivity contribution < 1.29 is 0 Å². The van der Waals surface area contributed by atoms with Crippen molar-refractivity contribution in [3.8, 4) is 0 Å². The zero-order chi connectivity index (χ0) is 8.43. The van der Waals surface area contributed by atoms with Gasteiger partial charge < -0.3 is 4.90 Å². The van der Waals surface area contributed by atoms with E-state index >= 15 is 0 Å². The topological polar surface area (TPSA) is 3.24 Å². The molecule has 0 radical (unpaired) electrons. The molecular formula is C9H20BN. The minimum atomic E-state index is 0.734. The molecule has 1 nitrogen and oxygen atoms in total. The van der Waals surface area contributed by atoms with Crippen LogP contribution in [0.2, 0.25) is 0 Å². The SMILES string of the molecule is BC1C[C@H](C)CCN1C(C)C. The molecule has 0 aromatic carbocycles. The maximum absolute atomic E-state index is 2.61. The van der Waals surface area contributed by atoms with Crippen LogP contribution in [0, 0.1) is 5.92 Å². The van der Waals surface area contributed by atoms with Gasteiger partial charge in [0, 0.05) is 6.04 Å². The molecule has 1 unspecified atom stereocenters. The first kappa shape index (κ1) is 9.12. The molecule has 0 saturated carbocycles. The number of rotatable bonds is 1. The van der Waals surface area contributed by atoms with Gasteiger partial charge in [-0.2, -0.15) is 0 Å². The van der Waals surface area contributed by atoms with Crippen molar-refractivity contribution in [2.45, 2.75) is 45.6 Å². The van der Waals surface area contributed by atoms with E-state index in [0.29, 0.717) is 0 Å². The average molecular weight is 153 g/mol. The zero-order valence-electron chi connectivity index (χ0n) is 8.30. The summed E-state index contributed by atoms with van der Waals surface area (Å²) in [5.41, 5.74) is 0. The molecule has 1 rings (SSSR count). The third-order valence-electron chi connectivity index (χ3n) is 2.85. The van der Waals surface area contributed by atoms with E-state index in [4.69, 9.17) is 0 Å². The highest BCUT2D eigenvalue weighted by Crippen LogP contribution is 2.21. The maximum Gasteiger partial charge on any atom is 0.123 e. The van der Waals surface area contributed by atoms with Gasteiger partial charge in [-0.1, -0.05) is 6.92 Å². The fraction of sp³-hybridized carbons (Fsp3) is 1.00. The molecule has 1 heterocycles. The first-order chi connectivity index (χ1) is 5.11. The lowest BCUT2D eigenvalue weighted by molar-refractivity contribution is 0.132. The van der Waals surface area contributed by atoms with Crippen LogP contribution in [0.1, 0.15) is 33.6 Å². The van der Waals surface area contributed by atoms with Gasteiger partial charge in [-0.15, -0.1) is 0 Å². The van der Waals surface area contributed by atoms with Gasteiger partial charge in [0.15, 0.2) is 0 Å². The van der Waals surface area contributed by atoms with E-state index in [1.807, 2.05) is 0 Å². The van der Waals surface area contributed by atoms with Gasteiger partial charge in [0.05, 0.1) is 0 Å². The quantitative estimate of drug-likeness (QED) is 0.509. The van der Waals surface area contributed by atoms with Gasteiger partial charge in [-0.05, 0) is 45.1 Å². The Morgan fingerprint density at radius 2 is 2.09 bits per heavy atom. The van der Waals surface area contributed by atoms with E-state index in [-0.39, 0.29) is 0 Å². The summed E-state index contributed by atoms with van der Waals surface area (Å²) in [4.78, 5) is 2.61. The molecule has 2 heteroatoms. The van der Waals surface area contributed by atoms with Gasteiger partial charge >= 0.3 is 0 Å². The Hall–Kier alpha value is 0.0249. The van der Waals surface area contributed by atoms with E-state index < -0.39 is 0 Å². The Bertz CT molecular complexity index is 125. The van der Waals surface area contributed by atoms with E-state index in [1.54, 1.807) is 0 Å². The fourth-order valence-electron chi connectivity index (χ4n) is 2.19. The first-order valence-electron chi connectivity index (χ1n) is 4.87. The summed E-state index contributed by atoms with van der Waals surface area (Å²) in [5.74, 6) is 1.75. The standard InChI is InChI=1S/C9H20BN/c1-7(2)11-5-4-8(3)6-9(11)10/h7-9H,4-6,10H2,1-3H3/t8-,9?/m1/s1. The molecule has 1 saturated heterocycles. The average Bonchev–Trinajstić information content (AvgIpc) is 1.85. The second-order valence-corrected chi connectivity index (χ2v) is 4.31. The number of piperidine rings is 1. The lowest BCUT2D eigenvalue weighted by atomic mass is 9.80. The highest BCUT2D eigenvalue weighted by atomic mass is 15.2. The van der Waals surface area contributed by atoms with Crippen LogP contribution in [-0.4, -0.2) is 31.3 Å². The minimum absolute atomic E-state index is 0.734. The van der Waals surface area contributed by atoms with Crippen molar-refractivity contribution >= 4 is 7.85 Å². The second-order valence-electron chi connectivity index (χ2n) is 4.31. The van der Waals surface area contributed by atoms with Crippen LogP contribution in [0.4, 0.5) is 0 Å². The summed E-state index contributed by atoms with van der Waals surface area (Å²) in [6.07, 6.45) is 2.78. The van der Waals surface area contributed by atoms with Crippen LogP contribution in [0.25, 0.3) is 0 Å². The zero-order valence-corrected chi connectivity index (χ0v) is 8.30. The molecule has 0 amide bonds. The number of hydrogen-bond acceptors (Lipinski definition) is 1. The minimum Gasteiger partial charge on any atom is -0.306 e. The van der Waals surface area contributed by atoms with Gasteiger partial charge in [-0.3, -0.25) is 0 Å². The summed E-state index contributed by atoms with van der Waals surface area (Å²) in [5, 5.41) is 0. The lowest BCUT2D eigenvalue weighted by Gasteiger charge is -2.39. The van der Waals surface area contributed by atoms with Crippen LogP contribution >= 0.6 is 0 Å². The molecule has 0 bridgehead atoms. The first-order valence-corrected chi connectivity index (χ1v) is 4.87. The largest absolute Gasteiger partial charge is 0.306 e. The molecular weight excluding hydrogens is 133 g/mol. The van der Waals surface area contributed by atoms with Crippen molar-refractivity contribution in [1.29, 1.82) is 0 Å². The Kier molecular flexibility index (Phi) is 3.00. The Morgan fingerprint density at radius 3 is 2.55 bits per heavy atom. The molecule has 2 atom stereocenters. The van der Waals surface area contributed by atoms with Crippen molar-refractivity contribution in [2.24, 2.45) is 5.92 Å². The summed E-state index contributed by atoms with van der Waals surface area (Å²) in [6, 6.07) is 0.734. The molecule has 0 aromatic heterocycles. The summed E-state index contributed by atoms with van der Waals surface area (Å²) >= 11 is 0. The smallest absolute Gasteiger partial charge is 0.123 e. The summed E-state index contributed by atoms with van der Waals surface area (Å²) < 4.78 is 0. The fourth-order valence-corrected chi connectivity index (χ4v) is 2.19. The molecule has 1 aliphatic rings. The van der Waals surface area contributed by atoms with Crippen molar-refractivity contribution in [1.82, 2.24) is 4.90 Å². The van der Waals surface area contributed by atoms with Gasteiger partial charge in [0.25, 0.3) is 0 Å². The van der Waals surface area contributed by atoms with E-state index in [9.17, 15) is 0 Å². The molecule has 0 aliphatic carbocycles. The van der Waals surface area contributed by atoms with Gasteiger partial charge in [-0.25, -0.2) is 0 Å². The van der Waals surface area contributed by atoms with Crippen LogP contribution in [-0.2, 0) is 0 Å². The molecule has 64 valence electrons. The van der Waals surface area contributed by atoms with Crippen LogP contribution in [0.3, 0.4) is 0 Å². The third-order valence-corrected chi connectivity index (χ3v) is 2.85. The third kappa shape index (κ3) is 2.23. The Labute approximate surface area is 71.6 Å². The van der Waals surface area contributed by atoms with Crippen molar-refractivity contribution in [3.63, 3.8) is 0 Å². The number of likely N-dealkylation sites (tertiary alicyclic amines) is 1. The summed E-state index contributed by atoms with van der Waals surface area (Å²) in [6.45, 7) is 8.27. The van der Waals surface area contributed by atoms with E-state index in [1.165, 1.54) is 19.4 Å². The number of hydrogen-bond donors (Lipinski definition) is 0. The van der Waals surface area contributed by atoms with Crippen LogP contribution in [0.15, 0.2) is 0 Å². The predicted molar refractivity (Wildman–Crippen MR) is 52.6 cm³/mol. The van der Waals surface area contributed by atoms with E-state index in [0.717, 1.165) is 17.9 Å². The lowest BCUT2D eigenvalue weighted by Crippen LogP contribution is -2.46. The highest BCUT2D eigenvalue weighted by molar-refractivity contribution is 6.11. The van der Waals surface area contributed by atoms with Crippen LogP contribution < -0.4 is 0 Å². The normalized spacial score (nSPS) is 34.5. The van der Waals surface area contributed by atoms with Crippen LogP contribution in [0.5, 0.6) is 0 Å². The Balaban J connectivity index is 2.44. The molecule has 0 aromatic rings. The molecule has 1 aliphatic heterocycles. The molecule has 11 heavy (non-hydrogen) atoms. The van der Waals surface area contributed by atoms with Gasteiger partial charge in [0.2, 0.25) is 0 Å². The van der Waals surface area contributed by atoms with Gasteiger partial charge in [0.1, 0.15) is 7.85 Å². The maximum atomic E-state index is 2.61. The van der Waals surface area contributed by atoms with E-state index in [2.05, 4.69) is 33.5 Å².